The molecule has 4 nitrogen and oxygen atoms in total. The summed E-state index contributed by atoms with van der Waals surface area (Å²) in [4.78, 5) is 14.0. The highest BCUT2D eigenvalue weighted by molar-refractivity contribution is 4.79. The van der Waals surface area contributed by atoms with Crippen molar-refractivity contribution < 1.29 is 9.92 Å². The third-order valence-electron chi connectivity index (χ3n) is 1.36. The number of hydrogen-bond donors (Lipinski definition) is 0. The molecule has 1 rings (SSSR count). The van der Waals surface area contributed by atoms with Crippen LogP contribution in [-0.2, 0) is 4.84 Å². The summed E-state index contributed by atoms with van der Waals surface area (Å²) in [5.41, 5.74) is 0. The molecule has 0 N–H and O–H groups in total. The summed E-state index contributed by atoms with van der Waals surface area (Å²) in [7, 11) is 0. The van der Waals surface area contributed by atoms with Gasteiger partial charge in [0.15, 0.2) is 0 Å². The van der Waals surface area contributed by atoms with Crippen LogP contribution in [0.4, 0.5) is 0 Å². The van der Waals surface area contributed by atoms with Crippen LogP contribution in [0, 0.1) is 16.5 Å². The van der Waals surface area contributed by atoms with E-state index in [1.165, 1.54) is 0 Å². The summed E-state index contributed by atoms with van der Waals surface area (Å²) >= 11 is 0. The monoisotopic (exact) mass is 130 g/mol. The second kappa shape index (κ2) is 2.66. The Balaban J connectivity index is 2.19. The largest absolute Gasteiger partial charge is 0.311 e. The first-order valence-corrected chi connectivity index (χ1v) is 2.92. The van der Waals surface area contributed by atoms with E-state index in [9.17, 15) is 10.1 Å². The Hall–Kier alpha value is -0.800. The van der Waals surface area contributed by atoms with Gasteiger partial charge in [-0.1, -0.05) is 0 Å². The highest BCUT2D eigenvalue weighted by atomic mass is 17.0. The first-order chi connectivity index (χ1) is 4.29. The van der Waals surface area contributed by atoms with Crippen molar-refractivity contribution in [2.24, 2.45) is 0 Å². The average molecular weight is 130 g/mol. The quantitative estimate of drug-likeness (QED) is 0.413. The van der Waals surface area contributed by atoms with Crippen LogP contribution in [0.25, 0.3) is 0 Å². The zero-order chi connectivity index (χ0) is 6.69. The van der Waals surface area contributed by atoms with Crippen molar-refractivity contribution in [3.05, 3.63) is 16.5 Å². The van der Waals surface area contributed by atoms with E-state index in [2.05, 4.69) is 4.84 Å². The van der Waals surface area contributed by atoms with Crippen LogP contribution >= 0.6 is 0 Å². The van der Waals surface area contributed by atoms with E-state index in [1.807, 2.05) is 6.42 Å². The maximum atomic E-state index is 9.72. The number of hydrogen-bond acceptors (Lipinski definition) is 3. The van der Waals surface area contributed by atoms with Crippen molar-refractivity contribution in [1.29, 1.82) is 0 Å². The Morgan fingerprint density at radius 2 is 2.56 bits per heavy atom. The van der Waals surface area contributed by atoms with Gasteiger partial charge in [0, 0.05) is 0 Å². The molecule has 1 fully saturated rings. The van der Waals surface area contributed by atoms with Gasteiger partial charge >= 0.3 is 0 Å². The highest BCUT2D eigenvalue weighted by Crippen LogP contribution is 2.19. The van der Waals surface area contributed by atoms with E-state index >= 15 is 0 Å². The third-order valence-corrected chi connectivity index (χ3v) is 1.36. The molecular formula is C5H8NO3. The minimum Gasteiger partial charge on any atom is -0.311 e. The summed E-state index contributed by atoms with van der Waals surface area (Å²) in [5.74, 6) is 0. The molecule has 0 aromatic heterocycles. The van der Waals surface area contributed by atoms with Gasteiger partial charge in [-0.25, -0.2) is 0 Å². The van der Waals surface area contributed by atoms with Crippen molar-refractivity contribution in [2.45, 2.75) is 25.4 Å². The second-order valence-corrected chi connectivity index (χ2v) is 2.05. The zero-order valence-corrected chi connectivity index (χ0v) is 4.95. The van der Waals surface area contributed by atoms with Gasteiger partial charge in [-0.2, -0.15) is 0 Å². The van der Waals surface area contributed by atoms with Crippen molar-refractivity contribution in [3.63, 3.8) is 0 Å². The van der Waals surface area contributed by atoms with Gasteiger partial charge in [-0.15, -0.1) is 10.1 Å². The SMILES string of the molecule is O=[N+]([O-])OC1C[CH]CC1. The van der Waals surface area contributed by atoms with Gasteiger partial charge < -0.3 is 4.84 Å². The van der Waals surface area contributed by atoms with Crippen LogP contribution in [0.2, 0.25) is 0 Å². The van der Waals surface area contributed by atoms with Gasteiger partial charge in [0.2, 0.25) is 0 Å². The van der Waals surface area contributed by atoms with Crippen molar-refractivity contribution in [1.82, 2.24) is 0 Å². The molecule has 9 heavy (non-hydrogen) atoms. The summed E-state index contributed by atoms with van der Waals surface area (Å²) in [5, 5.41) is 9.01. The summed E-state index contributed by atoms with van der Waals surface area (Å²) in [6.45, 7) is 0. The number of rotatable bonds is 2. The lowest BCUT2D eigenvalue weighted by molar-refractivity contribution is -0.768. The fourth-order valence-corrected chi connectivity index (χ4v) is 0.943. The Morgan fingerprint density at radius 1 is 1.78 bits per heavy atom. The molecule has 0 amide bonds. The lowest BCUT2D eigenvalue weighted by atomic mass is 10.3. The predicted octanol–water partition coefficient (Wildman–Crippen LogP) is 0.951. The van der Waals surface area contributed by atoms with Crippen LogP contribution in [0.5, 0.6) is 0 Å². The fraction of sp³-hybridized carbons (Fsp3) is 0.800. The van der Waals surface area contributed by atoms with Gasteiger partial charge in [0.25, 0.3) is 5.09 Å². The van der Waals surface area contributed by atoms with E-state index in [4.69, 9.17) is 0 Å². The van der Waals surface area contributed by atoms with Crippen molar-refractivity contribution >= 4 is 0 Å². The van der Waals surface area contributed by atoms with Crippen LogP contribution in [0.15, 0.2) is 0 Å². The molecule has 0 saturated heterocycles. The Morgan fingerprint density at radius 3 is 3.00 bits per heavy atom. The molecule has 1 radical (unpaired) electrons. The smallest absolute Gasteiger partial charge is 0.294 e. The molecule has 1 saturated carbocycles. The molecule has 1 unspecified atom stereocenters. The van der Waals surface area contributed by atoms with E-state index in [-0.39, 0.29) is 6.10 Å². The van der Waals surface area contributed by atoms with E-state index in [0.717, 1.165) is 19.3 Å². The van der Waals surface area contributed by atoms with Crippen LogP contribution in [0.3, 0.4) is 0 Å². The molecule has 1 aliphatic carbocycles. The van der Waals surface area contributed by atoms with Gasteiger partial charge in [-0.3, -0.25) is 0 Å². The molecule has 0 spiro atoms. The first kappa shape index (κ1) is 6.32. The Kier molecular flexibility index (Phi) is 1.87. The molecule has 0 aromatic carbocycles. The summed E-state index contributed by atoms with van der Waals surface area (Å²) in [6.07, 6.45) is 4.30. The summed E-state index contributed by atoms with van der Waals surface area (Å²) < 4.78 is 0. The normalized spacial score (nSPS) is 20.0. The molecule has 0 bridgehead atoms. The van der Waals surface area contributed by atoms with Crippen LogP contribution < -0.4 is 0 Å². The van der Waals surface area contributed by atoms with Crippen molar-refractivity contribution in [3.8, 4) is 0 Å². The Bertz CT molecular complexity index is 109. The average Bonchev–Trinajstić information content (AvgIpc) is 2.15. The third kappa shape index (κ3) is 1.87. The summed E-state index contributed by atoms with van der Waals surface area (Å²) in [6, 6.07) is 0. The van der Waals surface area contributed by atoms with Gasteiger partial charge in [0.05, 0.1) is 0 Å². The van der Waals surface area contributed by atoms with Crippen LogP contribution in [0.1, 0.15) is 19.3 Å². The van der Waals surface area contributed by atoms with E-state index in [0.29, 0.717) is 0 Å². The van der Waals surface area contributed by atoms with Gasteiger partial charge in [-0.05, 0) is 25.7 Å². The maximum absolute atomic E-state index is 9.72. The maximum Gasteiger partial charge on any atom is 0.294 e. The molecule has 1 aliphatic rings. The lowest BCUT2D eigenvalue weighted by Crippen LogP contribution is -2.12. The molecule has 0 aliphatic heterocycles. The first-order valence-electron chi connectivity index (χ1n) is 2.92. The highest BCUT2D eigenvalue weighted by Gasteiger charge is 2.17. The van der Waals surface area contributed by atoms with Crippen molar-refractivity contribution in [2.75, 3.05) is 0 Å². The topological polar surface area (TPSA) is 52.4 Å². The van der Waals surface area contributed by atoms with E-state index in [1.54, 1.807) is 0 Å². The molecular weight excluding hydrogens is 122 g/mol. The standard InChI is InChI=1S/C5H8NO3/c7-6(8)9-5-3-1-2-4-5/h1,5H,2-4H2. The number of nitrogens with zero attached hydrogens (tertiary/aromatic N) is 1. The zero-order valence-electron chi connectivity index (χ0n) is 4.95. The molecule has 0 aromatic rings. The minimum absolute atomic E-state index is 0.167. The Labute approximate surface area is 52.9 Å². The minimum atomic E-state index is -0.718. The second-order valence-electron chi connectivity index (χ2n) is 2.05. The molecule has 4 heteroatoms. The molecule has 51 valence electrons. The molecule has 1 atom stereocenters. The van der Waals surface area contributed by atoms with E-state index < -0.39 is 5.09 Å². The van der Waals surface area contributed by atoms with Crippen LogP contribution in [-0.4, -0.2) is 11.2 Å². The van der Waals surface area contributed by atoms with Gasteiger partial charge in [0.1, 0.15) is 6.10 Å². The fourth-order valence-electron chi connectivity index (χ4n) is 0.943. The predicted molar refractivity (Wildman–Crippen MR) is 30.0 cm³/mol. The molecule has 0 heterocycles. The lowest BCUT2D eigenvalue weighted by Gasteiger charge is -2.03.